The van der Waals surface area contributed by atoms with Gasteiger partial charge in [0.05, 0.1) is 5.56 Å². The van der Waals surface area contributed by atoms with Crippen LogP contribution in [0.2, 0.25) is 0 Å². The Morgan fingerprint density at radius 1 is 0.536 bits per heavy atom. The smallest absolute Gasteiger partial charge is 0.200 e. The van der Waals surface area contributed by atoms with E-state index in [2.05, 4.69) is 0 Å². The Morgan fingerprint density at radius 3 is 1.36 bits per heavy atom. The molecule has 28 heavy (non-hydrogen) atoms. The van der Waals surface area contributed by atoms with Gasteiger partial charge in [0.25, 0.3) is 0 Å². The van der Waals surface area contributed by atoms with Crippen molar-refractivity contribution >= 4 is 13.2 Å². The van der Waals surface area contributed by atoms with E-state index in [0.717, 1.165) is 0 Å². The second-order valence-electron chi connectivity index (χ2n) is 5.86. The highest BCUT2D eigenvalue weighted by Crippen LogP contribution is 2.44. The normalized spacial score (nSPS) is 12.5. The van der Waals surface area contributed by atoms with Crippen molar-refractivity contribution in [1.29, 1.82) is 0 Å². The summed E-state index contributed by atoms with van der Waals surface area (Å²) in [5.74, 6) is -21.0. The standard InChI is InChI=1S/C18H14F9P/c1-3-5-6-28(4-2)18-8(11(21)14(24)16(26)17(18)27)7-9(19)12(22)15(25)13(23)10(7)20/h3-6H2,1-2H3. The van der Waals surface area contributed by atoms with Crippen molar-refractivity contribution in [1.82, 2.24) is 0 Å². The molecule has 1 atom stereocenters. The van der Waals surface area contributed by atoms with Crippen LogP contribution < -0.4 is 5.30 Å². The van der Waals surface area contributed by atoms with Crippen LogP contribution in [0.25, 0.3) is 11.1 Å². The molecule has 154 valence electrons. The molecule has 2 aromatic rings. The lowest BCUT2D eigenvalue weighted by atomic mass is 10.0. The molecule has 0 saturated heterocycles. The molecule has 0 N–H and O–H groups in total. The van der Waals surface area contributed by atoms with Gasteiger partial charge in [0.1, 0.15) is 0 Å². The fourth-order valence-corrected chi connectivity index (χ4v) is 5.20. The van der Waals surface area contributed by atoms with Gasteiger partial charge < -0.3 is 0 Å². The Balaban J connectivity index is 3.00. The summed E-state index contributed by atoms with van der Waals surface area (Å²) in [5, 5.41) is -0.898. The van der Waals surface area contributed by atoms with Crippen molar-refractivity contribution in [3.05, 3.63) is 52.4 Å². The lowest BCUT2D eigenvalue weighted by Crippen LogP contribution is -2.21. The molecule has 0 fully saturated rings. The first-order valence-corrected chi connectivity index (χ1v) is 9.93. The molecule has 0 saturated carbocycles. The van der Waals surface area contributed by atoms with Crippen LogP contribution in [0.4, 0.5) is 39.5 Å². The van der Waals surface area contributed by atoms with Gasteiger partial charge in [0.15, 0.2) is 46.5 Å². The van der Waals surface area contributed by atoms with Crippen LogP contribution in [0.1, 0.15) is 26.7 Å². The first kappa shape index (κ1) is 22.5. The Morgan fingerprint density at radius 2 is 0.929 bits per heavy atom. The quantitative estimate of drug-likeness (QED) is 0.211. The monoisotopic (exact) mass is 432 g/mol. The largest absolute Gasteiger partial charge is 0.203 e. The number of benzene rings is 2. The van der Waals surface area contributed by atoms with Crippen LogP contribution in [0.15, 0.2) is 0 Å². The molecule has 1 unspecified atom stereocenters. The highest BCUT2D eigenvalue weighted by molar-refractivity contribution is 7.65. The van der Waals surface area contributed by atoms with Gasteiger partial charge in [0, 0.05) is 10.9 Å². The summed E-state index contributed by atoms with van der Waals surface area (Å²) < 4.78 is 126. The second-order valence-corrected chi connectivity index (χ2v) is 8.46. The maximum atomic E-state index is 14.5. The summed E-state index contributed by atoms with van der Waals surface area (Å²) >= 11 is 0. The number of rotatable bonds is 6. The van der Waals surface area contributed by atoms with Crippen LogP contribution in [0.5, 0.6) is 0 Å². The average molecular weight is 432 g/mol. The van der Waals surface area contributed by atoms with E-state index in [1.807, 2.05) is 0 Å². The number of hydrogen-bond donors (Lipinski definition) is 0. The van der Waals surface area contributed by atoms with Crippen LogP contribution in [0.3, 0.4) is 0 Å². The van der Waals surface area contributed by atoms with Crippen LogP contribution in [-0.4, -0.2) is 12.3 Å². The molecule has 0 heterocycles. The molecule has 10 heteroatoms. The summed E-state index contributed by atoms with van der Waals surface area (Å²) in [6, 6.07) is 0. The first-order valence-electron chi connectivity index (χ1n) is 8.22. The molecule has 0 amide bonds. The molecule has 0 aromatic heterocycles. The van der Waals surface area contributed by atoms with Crippen molar-refractivity contribution in [2.75, 3.05) is 12.3 Å². The predicted molar refractivity (Wildman–Crippen MR) is 88.4 cm³/mol. The third-order valence-electron chi connectivity index (χ3n) is 4.18. The number of halogens is 9. The van der Waals surface area contributed by atoms with E-state index in [1.165, 1.54) is 6.92 Å². The van der Waals surface area contributed by atoms with E-state index in [4.69, 9.17) is 0 Å². The topological polar surface area (TPSA) is 0 Å². The molecule has 0 spiro atoms. The van der Waals surface area contributed by atoms with E-state index in [9.17, 15) is 39.5 Å². The summed E-state index contributed by atoms with van der Waals surface area (Å²) in [6.07, 6.45) is 1.27. The van der Waals surface area contributed by atoms with E-state index in [0.29, 0.717) is 12.8 Å². The summed E-state index contributed by atoms with van der Waals surface area (Å²) in [5.41, 5.74) is -3.30. The third kappa shape index (κ3) is 3.61. The minimum absolute atomic E-state index is 0.0825. The fourth-order valence-electron chi connectivity index (χ4n) is 2.75. The highest BCUT2D eigenvalue weighted by atomic mass is 31.1. The molecule has 2 rings (SSSR count). The van der Waals surface area contributed by atoms with Gasteiger partial charge in [-0.1, -0.05) is 28.2 Å². The SMILES string of the molecule is CCCCP(CC)c1c(F)c(F)c(F)c(F)c1-c1c(F)c(F)c(F)c(F)c1F. The van der Waals surface area contributed by atoms with Gasteiger partial charge in [-0.2, -0.15) is 0 Å². The summed E-state index contributed by atoms with van der Waals surface area (Å²) in [4.78, 5) is 0. The molecule has 0 nitrogen and oxygen atoms in total. The lowest BCUT2D eigenvalue weighted by molar-refractivity contribution is 0.379. The maximum absolute atomic E-state index is 14.5. The van der Waals surface area contributed by atoms with Gasteiger partial charge in [-0.05, 0) is 18.7 Å². The zero-order chi connectivity index (χ0) is 21.3. The van der Waals surface area contributed by atoms with E-state index in [1.54, 1.807) is 6.92 Å². The minimum Gasteiger partial charge on any atom is -0.203 e. The van der Waals surface area contributed by atoms with E-state index < -0.39 is 76.7 Å². The fraction of sp³-hybridized carbons (Fsp3) is 0.333. The molecular weight excluding hydrogens is 418 g/mol. The zero-order valence-corrected chi connectivity index (χ0v) is 15.6. The van der Waals surface area contributed by atoms with Gasteiger partial charge in [-0.15, -0.1) is 0 Å². The Bertz CT molecular complexity index is 882. The predicted octanol–water partition coefficient (Wildman–Crippen LogP) is 6.53. The van der Waals surface area contributed by atoms with Crippen LogP contribution in [-0.2, 0) is 0 Å². The second kappa shape index (κ2) is 8.72. The molecule has 0 aliphatic rings. The van der Waals surface area contributed by atoms with Gasteiger partial charge in [0.2, 0.25) is 5.82 Å². The van der Waals surface area contributed by atoms with Crippen LogP contribution >= 0.6 is 7.92 Å². The first-order chi connectivity index (χ1) is 13.1. The van der Waals surface area contributed by atoms with Crippen LogP contribution in [0, 0.1) is 52.4 Å². The lowest BCUT2D eigenvalue weighted by Gasteiger charge is -2.22. The average Bonchev–Trinajstić information content (AvgIpc) is 2.69. The summed E-state index contributed by atoms with van der Waals surface area (Å²) in [7, 11) is -1.81. The van der Waals surface area contributed by atoms with E-state index >= 15 is 0 Å². The van der Waals surface area contributed by atoms with Gasteiger partial charge >= 0.3 is 0 Å². The highest BCUT2D eigenvalue weighted by Gasteiger charge is 2.35. The van der Waals surface area contributed by atoms with Gasteiger partial charge in [-0.3, -0.25) is 0 Å². The van der Waals surface area contributed by atoms with Crippen molar-refractivity contribution < 1.29 is 39.5 Å². The summed E-state index contributed by atoms with van der Waals surface area (Å²) in [6.45, 7) is 3.26. The Labute approximate surface area is 156 Å². The third-order valence-corrected chi connectivity index (χ3v) is 6.85. The van der Waals surface area contributed by atoms with Crippen molar-refractivity contribution in [3.63, 3.8) is 0 Å². The minimum atomic E-state index is -2.51. The Hall–Kier alpha value is -1.76. The molecular formula is C18H14F9P. The van der Waals surface area contributed by atoms with Crippen molar-refractivity contribution in [3.8, 4) is 11.1 Å². The maximum Gasteiger partial charge on any atom is 0.200 e. The molecule has 0 aliphatic heterocycles. The van der Waals surface area contributed by atoms with Crippen molar-refractivity contribution in [2.24, 2.45) is 0 Å². The zero-order valence-electron chi connectivity index (χ0n) is 14.7. The van der Waals surface area contributed by atoms with E-state index in [-0.39, 0.29) is 12.3 Å². The number of unbranched alkanes of at least 4 members (excludes halogenated alkanes) is 1. The van der Waals surface area contributed by atoms with Gasteiger partial charge in [-0.25, -0.2) is 39.5 Å². The molecule has 0 radical (unpaired) electrons. The molecule has 0 aliphatic carbocycles. The molecule has 0 bridgehead atoms. The van der Waals surface area contributed by atoms with Crippen molar-refractivity contribution in [2.45, 2.75) is 26.7 Å². The molecule has 2 aromatic carbocycles. The number of hydrogen-bond acceptors (Lipinski definition) is 0. The Kier molecular flexibility index (Phi) is 7.02.